The van der Waals surface area contributed by atoms with Crippen molar-refractivity contribution in [3.05, 3.63) is 126 Å². The van der Waals surface area contributed by atoms with E-state index in [4.69, 9.17) is 9.84 Å². The summed E-state index contributed by atoms with van der Waals surface area (Å²) in [6, 6.07) is 28.1. The molecule has 0 spiro atoms. The summed E-state index contributed by atoms with van der Waals surface area (Å²) < 4.78 is 29.7. The smallest absolute Gasteiger partial charge is 0.328 e. The lowest BCUT2D eigenvalue weighted by atomic mass is 9.87. The average Bonchev–Trinajstić information content (AvgIpc) is 3.43. The topological polar surface area (TPSA) is 109 Å². The van der Waals surface area contributed by atoms with Crippen molar-refractivity contribution in [2.75, 3.05) is 6.26 Å². The van der Waals surface area contributed by atoms with Crippen LogP contribution in [0.2, 0.25) is 0 Å². The molecule has 0 unspecified atom stereocenters. The van der Waals surface area contributed by atoms with Crippen molar-refractivity contribution < 1.29 is 23.1 Å². The zero-order valence-corrected chi connectivity index (χ0v) is 23.4. The van der Waals surface area contributed by atoms with Gasteiger partial charge in [0.1, 0.15) is 11.5 Å². The van der Waals surface area contributed by atoms with Crippen LogP contribution in [0.1, 0.15) is 35.6 Å². The number of ether oxygens (including phenoxy) is 1. The number of carbonyl (C=O) groups is 1. The van der Waals surface area contributed by atoms with Crippen molar-refractivity contribution in [3.63, 3.8) is 0 Å². The maximum Gasteiger partial charge on any atom is 0.328 e. The number of sulfone groups is 1. The lowest BCUT2D eigenvalue weighted by molar-refractivity contribution is -0.131. The quantitative estimate of drug-likeness (QED) is 0.144. The molecular weight excluding hydrogens is 536 g/mol. The van der Waals surface area contributed by atoms with Gasteiger partial charge in [-0.1, -0.05) is 49.4 Å². The fourth-order valence-electron chi connectivity index (χ4n) is 4.71. The monoisotopic (exact) mass is 564 g/mol. The number of aromatic nitrogens is 2. The Morgan fingerprint density at radius 1 is 0.902 bits per heavy atom. The molecule has 7 nitrogen and oxygen atoms in total. The summed E-state index contributed by atoms with van der Waals surface area (Å²) in [4.78, 5) is 11.2. The molecule has 4 aromatic carbocycles. The van der Waals surface area contributed by atoms with Gasteiger partial charge in [0.2, 0.25) is 0 Å². The molecule has 2 N–H and O–H groups in total. The third-order valence-electron chi connectivity index (χ3n) is 6.67. The molecule has 0 fully saturated rings. The molecule has 0 amide bonds. The van der Waals surface area contributed by atoms with E-state index in [-0.39, 0.29) is 4.90 Å². The summed E-state index contributed by atoms with van der Waals surface area (Å²) in [5.74, 6) is 0.163. The Morgan fingerprint density at radius 2 is 1.63 bits per heavy atom. The minimum Gasteiger partial charge on any atom is -0.478 e. The second-order valence-electron chi connectivity index (χ2n) is 9.55. The van der Waals surface area contributed by atoms with Crippen LogP contribution in [-0.2, 0) is 14.6 Å². The highest BCUT2D eigenvalue weighted by atomic mass is 32.2. The number of fused-ring (bicyclic) bond motifs is 1. The standard InChI is InChI=1S/C33H28N2O5S/c1-3-30(24-5-4-6-28(20-24)40-27-13-15-29(16-14-27)41(2,38)39)33(25-12-17-31-26(19-25)21-34-35-31)23-10-7-22(8-11-23)9-18-32(36)37/h4-21H,3H2,1-2H3,(H,34,35)(H,36,37)/b18-9+,33-30+. The zero-order valence-electron chi connectivity index (χ0n) is 22.5. The second-order valence-corrected chi connectivity index (χ2v) is 11.6. The van der Waals surface area contributed by atoms with Crippen molar-refractivity contribution in [1.29, 1.82) is 0 Å². The number of carboxylic acid groups (broad SMARTS) is 1. The van der Waals surface area contributed by atoms with E-state index < -0.39 is 15.8 Å². The molecule has 5 rings (SSSR count). The first-order valence-corrected chi connectivity index (χ1v) is 14.9. The van der Waals surface area contributed by atoms with Crippen molar-refractivity contribution in [3.8, 4) is 11.5 Å². The Kier molecular flexibility index (Phi) is 7.85. The predicted molar refractivity (Wildman–Crippen MR) is 161 cm³/mol. The van der Waals surface area contributed by atoms with Gasteiger partial charge in [-0.3, -0.25) is 5.10 Å². The van der Waals surface area contributed by atoms with Gasteiger partial charge in [-0.15, -0.1) is 0 Å². The molecule has 1 heterocycles. The van der Waals surface area contributed by atoms with E-state index >= 15 is 0 Å². The third kappa shape index (κ3) is 6.45. The van der Waals surface area contributed by atoms with E-state index in [9.17, 15) is 13.2 Å². The first-order valence-electron chi connectivity index (χ1n) is 13.0. The van der Waals surface area contributed by atoms with Gasteiger partial charge in [-0.25, -0.2) is 13.2 Å². The van der Waals surface area contributed by atoms with Crippen LogP contribution < -0.4 is 4.74 Å². The number of hydrogen-bond acceptors (Lipinski definition) is 5. The Labute approximate surface area is 238 Å². The van der Waals surface area contributed by atoms with Crippen LogP contribution >= 0.6 is 0 Å². The Hall–Kier alpha value is -4.95. The molecule has 1 aromatic heterocycles. The largest absolute Gasteiger partial charge is 0.478 e. The number of benzene rings is 4. The summed E-state index contributed by atoms with van der Waals surface area (Å²) in [7, 11) is -3.29. The van der Waals surface area contributed by atoms with Crippen LogP contribution in [0.4, 0.5) is 0 Å². The Bertz CT molecular complexity index is 1880. The minimum atomic E-state index is -3.29. The normalized spacial score (nSPS) is 12.4. The highest BCUT2D eigenvalue weighted by molar-refractivity contribution is 7.90. The molecule has 41 heavy (non-hydrogen) atoms. The van der Waals surface area contributed by atoms with Crippen LogP contribution in [0.3, 0.4) is 0 Å². The van der Waals surface area contributed by atoms with Crippen molar-refractivity contribution >= 4 is 43.9 Å². The van der Waals surface area contributed by atoms with E-state index in [1.807, 2.05) is 54.6 Å². The fourth-order valence-corrected chi connectivity index (χ4v) is 5.34. The van der Waals surface area contributed by atoms with Crippen LogP contribution in [0.5, 0.6) is 11.5 Å². The minimum absolute atomic E-state index is 0.235. The number of H-pyrrole nitrogens is 1. The lowest BCUT2D eigenvalue weighted by Crippen LogP contribution is -1.97. The van der Waals surface area contributed by atoms with Gasteiger partial charge in [-0.05, 0) is 94.4 Å². The van der Waals surface area contributed by atoms with E-state index in [0.29, 0.717) is 11.5 Å². The van der Waals surface area contributed by atoms with E-state index in [1.54, 1.807) is 24.4 Å². The number of aromatic amines is 1. The molecule has 8 heteroatoms. The van der Waals surface area contributed by atoms with Crippen molar-refractivity contribution in [2.24, 2.45) is 0 Å². The number of aliphatic carboxylic acids is 1. The van der Waals surface area contributed by atoms with Gasteiger partial charge >= 0.3 is 5.97 Å². The zero-order chi connectivity index (χ0) is 29.0. The van der Waals surface area contributed by atoms with E-state index in [1.165, 1.54) is 18.4 Å². The maximum absolute atomic E-state index is 11.8. The number of allylic oxidation sites excluding steroid dienone is 1. The molecule has 0 bridgehead atoms. The molecule has 0 saturated heterocycles. The molecule has 0 atom stereocenters. The third-order valence-corrected chi connectivity index (χ3v) is 7.80. The number of nitrogens with one attached hydrogen (secondary N) is 1. The number of carboxylic acids is 1. The fraction of sp³-hybridized carbons (Fsp3) is 0.0909. The highest BCUT2D eigenvalue weighted by Crippen LogP contribution is 2.37. The molecule has 206 valence electrons. The van der Waals surface area contributed by atoms with Crippen molar-refractivity contribution in [1.82, 2.24) is 10.2 Å². The second kappa shape index (κ2) is 11.7. The van der Waals surface area contributed by atoms with Crippen LogP contribution in [-0.4, -0.2) is 35.9 Å². The SMILES string of the molecule is CC/C(=C(/c1ccc(/C=C/C(=O)O)cc1)c1ccc2[nH]ncc2c1)c1cccc(Oc2ccc(S(C)(=O)=O)cc2)c1. The Morgan fingerprint density at radius 3 is 2.32 bits per heavy atom. The Balaban J connectivity index is 1.59. The van der Waals surface area contributed by atoms with Gasteiger partial charge in [0.15, 0.2) is 9.84 Å². The first kappa shape index (κ1) is 27.6. The number of hydrogen-bond donors (Lipinski definition) is 2. The summed E-state index contributed by atoms with van der Waals surface area (Å²) in [5, 5.41) is 17.2. The lowest BCUT2D eigenvalue weighted by Gasteiger charge is -2.17. The molecule has 0 aliphatic heterocycles. The van der Waals surface area contributed by atoms with Crippen molar-refractivity contribution in [2.45, 2.75) is 18.2 Å². The average molecular weight is 565 g/mol. The number of rotatable bonds is 9. The van der Waals surface area contributed by atoms with Crippen LogP contribution in [0.25, 0.3) is 28.1 Å². The summed E-state index contributed by atoms with van der Waals surface area (Å²) in [5.41, 5.74) is 6.86. The van der Waals surface area contributed by atoms with Gasteiger partial charge in [0, 0.05) is 17.7 Å². The van der Waals surface area contributed by atoms with E-state index in [0.717, 1.165) is 56.8 Å². The highest BCUT2D eigenvalue weighted by Gasteiger charge is 2.15. The summed E-state index contributed by atoms with van der Waals surface area (Å²) >= 11 is 0. The number of nitrogens with zero attached hydrogens (tertiary/aromatic N) is 1. The first-order chi connectivity index (χ1) is 19.7. The van der Waals surface area contributed by atoms with Gasteiger partial charge in [0.25, 0.3) is 0 Å². The maximum atomic E-state index is 11.8. The molecule has 5 aromatic rings. The molecular formula is C33H28N2O5S. The van der Waals surface area contributed by atoms with Gasteiger partial charge < -0.3 is 9.84 Å². The van der Waals surface area contributed by atoms with Gasteiger partial charge in [0.05, 0.1) is 16.6 Å². The molecule has 0 aliphatic rings. The predicted octanol–water partition coefficient (Wildman–Crippen LogP) is 7.23. The molecule has 0 aliphatic carbocycles. The molecule has 0 radical (unpaired) electrons. The van der Waals surface area contributed by atoms with Crippen LogP contribution in [0, 0.1) is 0 Å². The molecule has 0 saturated carbocycles. The van der Waals surface area contributed by atoms with Gasteiger partial charge in [-0.2, -0.15) is 5.10 Å². The summed E-state index contributed by atoms with van der Waals surface area (Å²) in [6.45, 7) is 2.10. The van der Waals surface area contributed by atoms with E-state index in [2.05, 4.69) is 29.3 Å². The summed E-state index contributed by atoms with van der Waals surface area (Å²) in [6.07, 6.45) is 6.39. The van der Waals surface area contributed by atoms with Crippen LogP contribution in [0.15, 0.2) is 108 Å².